The van der Waals surface area contributed by atoms with E-state index < -0.39 is 17.5 Å². The van der Waals surface area contributed by atoms with Crippen molar-refractivity contribution in [2.45, 2.75) is 85.4 Å². The lowest BCUT2D eigenvalue weighted by atomic mass is 9.93. The molecule has 0 bridgehead atoms. The molecule has 3 aliphatic rings. The van der Waals surface area contributed by atoms with E-state index in [9.17, 15) is 14.7 Å². The van der Waals surface area contributed by atoms with E-state index in [-0.39, 0.29) is 24.6 Å². The quantitative estimate of drug-likeness (QED) is 0.146. The van der Waals surface area contributed by atoms with Gasteiger partial charge in [-0.25, -0.2) is 23.9 Å². The number of aliphatic hydroxyl groups is 1. The first-order valence-electron chi connectivity index (χ1n) is 21.0. The Bertz CT molecular complexity index is 2050. The van der Waals surface area contributed by atoms with Gasteiger partial charge in [0.15, 0.2) is 0 Å². The standard InChI is InChI=1S/C45H60FN7O5/c1-28(2)19-33-24-53(25-40(33)54)43(55)50-38-21-34(46)20-36(29(38)3)41-37-22-39(49-42(37)48-27-47-41)32-7-9-35(10-8-32)57-26-31-11-15-51(16-12-31)23-30-13-17-52(18-14-30)44(56)58-45(4,5)6/h7-10,20-22,27-28,30-31,33,40,54H,11-19,23-26H2,1-6H3,(H,50,55)(H,47,48,49)/t33-,40-/m0/s1. The maximum absolute atomic E-state index is 15.2. The number of carbonyl (C=O) groups is 2. The van der Waals surface area contributed by atoms with Gasteiger partial charge in [-0.15, -0.1) is 0 Å². The van der Waals surface area contributed by atoms with Crippen molar-refractivity contribution < 1.29 is 28.6 Å². The molecule has 3 saturated heterocycles. The molecule has 312 valence electrons. The average molecular weight is 798 g/mol. The van der Waals surface area contributed by atoms with Crippen molar-refractivity contribution in [1.82, 2.24) is 29.7 Å². The number of halogens is 1. The van der Waals surface area contributed by atoms with Crippen LogP contribution in [0.3, 0.4) is 0 Å². The SMILES string of the molecule is Cc1c(NC(=O)N2C[C@H](CC(C)C)[C@@H](O)C2)cc(F)cc1-c1ncnc2[nH]c(-c3ccc(OCC4CCN(CC5CCN(C(=O)OC(C)(C)C)CC5)CC4)cc3)cc12. The first kappa shape index (κ1) is 41.4. The molecule has 2 aromatic heterocycles. The van der Waals surface area contributed by atoms with Gasteiger partial charge in [0.1, 0.15) is 29.1 Å². The summed E-state index contributed by atoms with van der Waals surface area (Å²) >= 11 is 0. The average Bonchev–Trinajstić information content (AvgIpc) is 3.79. The van der Waals surface area contributed by atoms with E-state index >= 15 is 4.39 Å². The number of β-amino-alcohol motifs (C(OH)–C–C–N with tert-alkyl or cyclic N) is 1. The first-order valence-corrected chi connectivity index (χ1v) is 21.0. The molecular formula is C45H60FN7O5. The molecule has 3 amide bonds. The molecule has 0 aliphatic carbocycles. The number of fused-ring (bicyclic) bond motifs is 1. The van der Waals surface area contributed by atoms with Crippen molar-refractivity contribution in [1.29, 1.82) is 0 Å². The number of aliphatic hydroxyl groups excluding tert-OH is 1. The zero-order valence-electron chi connectivity index (χ0n) is 34.9. The second-order valence-electron chi connectivity index (χ2n) is 18.1. The van der Waals surface area contributed by atoms with Gasteiger partial charge in [0.05, 0.1) is 18.4 Å². The number of amides is 3. The Kier molecular flexibility index (Phi) is 12.6. The molecular weight excluding hydrogens is 738 g/mol. The molecule has 5 heterocycles. The summed E-state index contributed by atoms with van der Waals surface area (Å²) in [5.74, 6) is 1.88. The molecule has 3 N–H and O–H groups in total. The fourth-order valence-electron chi connectivity index (χ4n) is 8.69. The fourth-order valence-corrected chi connectivity index (χ4v) is 8.69. The summed E-state index contributed by atoms with van der Waals surface area (Å²) in [5, 5.41) is 14.2. The third-order valence-electron chi connectivity index (χ3n) is 11.9. The third-order valence-corrected chi connectivity index (χ3v) is 11.9. The summed E-state index contributed by atoms with van der Waals surface area (Å²) in [7, 11) is 0. The maximum Gasteiger partial charge on any atom is 0.410 e. The largest absolute Gasteiger partial charge is 0.493 e. The van der Waals surface area contributed by atoms with Crippen molar-refractivity contribution in [3.05, 3.63) is 60.2 Å². The molecule has 0 unspecified atom stereocenters. The third kappa shape index (κ3) is 10.1. The Hall–Kier alpha value is -4.75. The lowest BCUT2D eigenvalue weighted by Gasteiger charge is -2.38. The van der Waals surface area contributed by atoms with E-state index in [0.29, 0.717) is 59.1 Å². The topological polar surface area (TPSA) is 136 Å². The molecule has 2 atom stereocenters. The van der Waals surface area contributed by atoms with Crippen LogP contribution in [0.1, 0.15) is 72.3 Å². The van der Waals surface area contributed by atoms with Crippen LogP contribution in [0.5, 0.6) is 5.75 Å². The van der Waals surface area contributed by atoms with Crippen LogP contribution in [0, 0.1) is 36.4 Å². The van der Waals surface area contributed by atoms with Crippen molar-refractivity contribution >= 4 is 28.8 Å². The van der Waals surface area contributed by atoms with Gasteiger partial charge in [-0.3, -0.25) is 0 Å². The van der Waals surface area contributed by atoms with Gasteiger partial charge in [0.2, 0.25) is 0 Å². The number of nitrogens with zero attached hydrogens (tertiary/aromatic N) is 5. The Morgan fingerprint density at radius 3 is 2.36 bits per heavy atom. The van der Waals surface area contributed by atoms with Crippen molar-refractivity contribution in [2.24, 2.45) is 23.7 Å². The lowest BCUT2D eigenvalue weighted by molar-refractivity contribution is 0.0162. The Labute approximate surface area is 341 Å². The Morgan fingerprint density at radius 2 is 1.67 bits per heavy atom. The van der Waals surface area contributed by atoms with Gasteiger partial charge in [-0.2, -0.15) is 0 Å². The minimum absolute atomic E-state index is 0.0195. The van der Waals surface area contributed by atoms with Crippen LogP contribution in [0.15, 0.2) is 48.8 Å². The number of hydrogen-bond acceptors (Lipinski definition) is 8. The molecule has 3 aliphatic heterocycles. The minimum Gasteiger partial charge on any atom is -0.493 e. The summed E-state index contributed by atoms with van der Waals surface area (Å²) in [6, 6.07) is 12.4. The molecule has 7 rings (SSSR count). The molecule has 4 aromatic rings. The second-order valence-corrected chi connectivity index (χ2v) is 18.1. The number of hydrogen-bond donors (Lipinski definition) is 3. The van der Waals surface area contributed by atoms with Crippen LogP contribution >= 0.6 is 0 Å². The summed E-state index contributed by atoms with van der Waals surface area (Å²) in [6.45, 7) is 17.9. The maximum atomic E-state index is 15.2. The van der Waals surface area contributed by atoms with Crippen LogP contribution in [0.2, 0.25) is 0 Å². The Morgan fingerprint density at radius 1 is 0.966 bits per heavy atom. The molecule has 12 nitrogen and oxygen atoms in total. The highest BCUT2D eigenvalue weighted by Gasteiger charge is 2.35. The number of H-pyrrole nitrogens is 1. The summed E-state index contributed by atoms with van der Waals surface area (Å²) in [6.07, 6.45) is 5.76. The molecule has 0 spiro atoms. The number of rotatable bonds is 10. The van der Waals surface area contributed by atoms with E-state index in [1.807, 2.05) is 62.9 Å². The summed E-state index contributed by atoms with van der Waals surface area (Å²) in [4.78, 5) is 44.2. The highest BCUT2D eigenvalue weighted by Crippen LogP contribution is 2.36. The number of carbonyl (C=O) groups excluding carboxylic acids is 2. The van der Waals surface area contributed by atoms with Gasteiger partial charge in [0, 0.05) is 61.0 Å². The zero-order valence-corrected chi connectivity index (χ0v) is 34.9. The van der Waals surface area contributed by atoms with E-state index in [1.165, 1.54) is 18.5 Å². The van der Waals surface area contributed by atoms with Crippen molar-refractivity contribution in [3.8, 4) is 28.3 Å². The van der Waals surface area contributed by atoms with Crippen LogP contribution in [0.4, 0.5) is 19.7 Å². The molecule has 0 radical (unpaired) electrons. The van der Waals surface area contributed by atoms with Gasteiger partial charge in [-0.1, -0.05) is 13.8 Å². The molecule has 2 aromatic carbocycles. The normalized spacial score (nSPS) is 19.9. The van der Waals surface area contributed by atoms with Crippen LogP contribution < -0.4 is 10.1 Å². The fraction of sp³-hybridized carbons (Fsp3) is 0.556. The summed E-state index contributed by atoms with van der Waals surface area (Å²) in [5.41, 5.74) is 4.11. The van der Waals surface area contributed by atoms with Crippen molar-refractivity contribution in [2.75, 3.05) is 57.7 Å². The van der Waals surface area contributed by atoms with Crippen LogP contribution in [-0.4, -0.2) is 111 Å². The molecule has 3 fully saturated rings. The number of urea groups is 1. The number of benzene rings is 2. The van der Waals surface area contributed by atoms with Gasteiger partial charge in [0.25, 0.3) is 0 Å². The van der Waals surface area contributed by atoms with Gasteiger partial charge in [-0.05, 0) is 144 Å². The molecule has 58 heavy (non-hydrogen) atoms. The lowest BCUT2D eigenvalue weighted by Crippen LogP contribution is -2.45. The number of aromatic amines is 1. The highest BCUT2D eigenvalue weighted by molar-refractivity contribution is 5.97. The number of anilines is 1. The van der Waals surface area contributed by atoms with E-state index in [2.05, 4.69) is 39.0 Å². The monoisotopic (exact) mass is 797 g/mol. The van der Waals surface area contributed by atoms with Crippen LogP contribution in [0.25, 0.3) is 33.5 Å². The van der Waals surface area contributed by atoms with E-state index in [4.69, 9.17) is 9.47 Å². The number of ether oxygens (including phenoxy) is 2. The number of nitrogens with one attached hydrogen (secondary N) is 2. The van der Waals surface area contributed by atoms with Crippen molar-refractivity contribution in [3.63, 3.8) is 0 Å². The molecule has 0 saturated carbocycles. The predicted molar refractivity (Wildman–Crippen MR) is 224 cm³/mol. The van der Waals surface area contributed by atoms with E-state index in [0.717, 1.165) is 87.2 Å². The highest BCUT2D eigenvalue weighted by atomic mass is 19.1. The van der Waals surface area contributed by atoms with Gasteiger partial charge >= 0.3 is 12.1 Å². The second kappa shape index (κ2) is 17.6. The molecule has 13 heteroatoms. The predicted octanol–water partition coefficient (Wildman–Crippen LogP) is 8.35. The number of piperidine rings is 2. The van der Waals surface area contributed by atoms with Gasteiger partial charge < -0.3 is 39.6 Å². The van der Waals surface area contributed by atoms with E-state index in [1.54, 1.807) is 4.90 Å². The summed E-state index contributed by atoms with van der Waals surface area (Å²) < 4.78 is 27.0. The Balaban J connectivity index is 0.922. The first-order chi connectivity index (χ1) is 27.7. The number of aromatic nitrogens is 3. The minimum atomic E-state index is -0.575. The van der Waals surface area contributed by atoms with Crippen LogP contribution in [-0.2, 0) is 4.74 Å². The number of likely N-dealkylation sites (tertiary alicyclic amines) is 3. The smallest absolute Gasteiger partial charge is 0.410 e. The zero-order chi connectivity index (χ0) is 41.1.